The molecule has 166 valence electrons. The number of thioether (sulfide) groups is 1. The number of ether oxygens (including phenoxy) is 2. The van der Waals surface area contributed by atoms with Crippen molar-refractivity contribution in [3.63, 3.8) is 0 Å². The van der Waals surface area contributed by atoms with Gasteiger partial charge in [-0.1, -0.05) is 18.2 Å². The van der Waals surface area contributed by atoms with Crippen LogP contribution >= 0.6 is 11.8 Å². The molecule has 1 aliphatic carbocycles. The van der Waals surface area contributed by atoms with Crippen molar-refractivity contribution in [3.8, 4) is 17.0 Å². The highest BCUT2D eigenvalue weighted by Gasteiger charge is 2.37. The molecule has 6 heteroatoms. The summed E-state index contributed by atoms with van der Waals surface area (Å²) in [7, 11) is 1.67. The first kappa shape index (κ1) is 21.3. The third-order valence-corrected chi connectivity index (χ3v) is 6.99. The summed E-state index contributed by atoms with van der Waals surface area (Å²) in [6.07, 6.45) is 5.67. The highest BCUT2D eigenvalue weighted by molar-refractivity contribution is 7.98. The zero-order valence-electron chi connectivity index (χ0n) is 18.5. The molecule has 5 nitrogen and oxygen atoms in total. The van der Waals surface area contributed by atoms with E-state index in [2.05, 4.69) is 36.6 Å². The van der Waals surface area contributed by atoms with Gasteiger partial charge in [0, 0.05) is 35.0 Å². The van der Waals surface area contributed by atoms with Crippen molar-refractivity contribution in [1.29, 1.82) is 0 Å². The summed E-state index contributed by atoms with van der Waals surface area (Å²) < 4.78 is 11.2. The third kappa shape index (κ3) is 4.34. The lowest BCUT2D eigenvalue weighted by molar-refractivity contribution is -0.142. The Morgan fingerprint density at radius 3 is 2.78 bits per heavy atom. The predicted octanol–water partition coefficient (Wildman–Crippen LogP) is 5.30. The summed E-state index contributed by atoms with van der Waals surface area (Å²) in [5.74, 6) is 0.919. The van der Waals surface area contributed by atoms with Crippen molar-refractivity contribution in [2.75, 3.05) is 20.0 Å². The molecule has 1 aliphatic heterocycles. The van der Waals surface area contributed by atoms with Gasteiger partial charge >= 0.3 is 0 Å². The monoisotopic (exact) mass is 448 g/mol. The molecule has 5 rings (SSSR count). The van der Waals surface area contributed by atoms with Crippen LogP contribution in [0, 0.1) is 0 Å². The van der Waals surface area contributed by atoms with E-state index >= 15 is 0 Å². The van der Waals surface area contributed by atoms with Crippen LogP contribution in [0.5, 0.6) is 5.75 Å². The average molecular weight is 449 g/mol. The second kappa shape index (κ2) is 9.12. The molecule has 2 aliphatic rings. The van der Waals surface area contributed by atoms with Crippen molar-refractivity contribution in [1.82, 2.24) is 9.88 Å². The van der Waals surface area contributed by atoms with E-state index < -0.39 is 0 Å². The van der Waals surface area contributed by atoms with Gasteiger partial charge in [0.25, 0.3) is 5.91 Å². The van der Waals surface area contributed by atoms with E-state index in [1.54, 1.807) is 18.9 Å². The number of nitrogens with zero attached hydrogens (tertiary/aromatic N) is 2. The van der Waals surface area contributed by atoms with Gasteiger partial charge in [-0.15, -0.1) is 11.8 Å². The number of amides is 1. The molecule has 32 heavy (non-hydrogen) atoms. The number of pyridine rings is 1. The van der Waals surface area contributed by atoms with Crippen molar-refractivity contribution in [2.45, 2.75) is 49.3 Å². The summed E-state index contributed by atoms with van der Waals surface area (Å²) >= 11 is 1.71. The normalized spacial score (nSPS) is 18.1. The van der Waals surface area contributed by atoms with Gasteiger partial charge in [-0.3, -0.25) is 4.79 Å². The first-order valence-electron chi connectivity index (χ1n) is 11.2. The first-order chi connectivity index (χ1) is 15.7. The number of methoxy groups -OCH3 is 1. The molecule has 0 unspecified atom stereocenters. The molecule has 2 aromatic carbocycles. The zero-order chi connectivity index (χ0) is 22.1. The van der Waals surface area contributed by atoms with Gasteiger partial charge in [0.15, 0.2) is 0 Å². The first-order valence-corrected chi connectivity index (χ1v) is 12.4. The van der Waals surface area contributed by atoms with Gasteiger partial charge in [-0.25, -0.2) is 4.98 Å². The molecule has 1 saturated heterocycles. The lowest BCUT2D eigenvalue weighted by Crippen LogP contribution is -2.40. The molecule has 2 fully saturated rings. The van der Waals surface area contributed by atoms with Gasteiger partial charge in [0.05, 0.1) is 18.3 Å². The second-order valence-corrected chi connectivity index (χ2v) is 9.37. The molecule has 1 atom stereocenters. The summed E-state index contributed by atoms with van der Waals surface area (Å²) in [6, 6.07) is 16.9. The molecule has 1 amide bonds. The summed E-state index contributed by atoms with van der Waals surface area (Å²) in [4.78, 5) is 21.6. The number of hydrogen-bond donors (Lipinski definition) is 0. The summed E-state index contributed by atoms with van der Waals surface area (Å²) in [6.45, 7) is 1.22. The lowest BCUT2D eigenvalue weighted by atomic mass is 10.0. The largest absolute Gasteiger partial charge is 0.497 e. The maximum atomic E-state index is 13.3. The highest BCUT2D eigenvalue weighted by atomic mass is 32.2. The molecule has 1 saturated carbocycles. The Morgan fingerprint density at radius 2 is 2.06 bits per heavy atom. The van der Waals surface area contributed by atoms with E-state index in [4.69, 9.17) is 14.5 Å². The fraction of sp³-hybridized carbons (Fsp3) is 0.385. The summed E-state index contributed by atoms with van der Waals surface area (Å²) in [5.41, 5.74) is 3.92. The minimum Gasteiger partial charge on any atom is -0.497 e. The van der Waals surface area contributed by atoms with Gasteiger partial charge in [-0.2, -0.15) is 0 Å². The number of carbonyl (C=O) groups excluding carboxylic acids is 1. The predicted molar refractivity (Wildman–Crippen MR) is 128 cm³/mol. The average Bonchev–Trinajstić information content (AvgIpc) is 3.53. The molecule has 0 bridgehead atoms. The zero-order valence-corrected chi connectivity index (χ0v) is 19.4. The number of aromatic nitrogens is 1. The van der Waals surface area contributed by atoms with Crippen LogP contribution in [0.25, 0.3) is 22.2 Å². The standard InChI is InChI=1S/C26H28N2O3S/c1-30-21-6-3-5-18(14-21)25-19(13-17-8-11-22(32-2)15-23(17)27-25)16-28(20-9-10-20)26(29)24-7-4-12-31-24/h3,5-6,8,11,13-15,20,24H,4,7,9-10,12,16H2,1-2H3/t24-/m1/s1. The minimum atomic E-state index is -0.298. The van der Waals surface area contributed by atoms with E-state index in [0.717, 1.165) is 59.2 Å². The van der Waals surface area contributed by atoms with Crippen LogP contribution in [0.1, 0.15) is 31.2 Å². The SMILES string of the molecule is COc1cccc(-c2nc3cc(SC)ccc3cc2CN(C(=O)[C@H]2CCCO2)C2CC2)c1. The van der Waals surface area contributed by atoms with Crippen molar-refractivity contribution >= 4 is 28.6 Å². The molecule has 0 spiro atoms. The molecule has 3 aromatic rings. The Morgan fingerprint density at radius 1 is 1.19 bits per heavy atom. The molecule has 2 heterocycles. The minimum absolute atomic E-state index is 0.124. The molecular weight excluding hydrogens is 420 g/mol. The third-order valence-electron chi connectivity index (χ3n) is 6.26. The Labute approximate surface area is 193 Å². The molecule has 0 radical (unpaired) electrons. The maximum Gasteiger partial charge on any atom is 0.252 e. The maximum absolute atomic E-state index is 13.3. The summed E-state index contributed by atoms with van der Waals surface area (Å²) in [5, 5.41) is 1.09. The fourth-order valence-electron chi connectivity index (χ4n) is 4.37. The van der Waals surface area contributed by atoms with Crippen molar-refractivity contribution < 1.29 is 14.3 Å². The van der Waals surface area contributed by atoms with Crippen LogP contribution in [-0.4, -0.2) is 47.9 Å². The fourth-order valence-corrected chi connectivity index (χ4v) is 4.81. The van der Waals surface area contributed by atoms with Gasteiger partial charge in [0.2, 0.25) is 0 Å². The Bertz CT molecular complexity index is 1140. The van der Waals surface area contributed by atoms with E-state index in [-0.39, 0.29) is 12.0 Å². The molecule has 0 N–H and O–H groups in total. The van der Waals surface area contributed by atoms with E-state index in [1.165, 1.54) is 4.90 Å². The van der Waals surface area contributed by atoms with Crippen LogP contribution in [-0.2, 0) is 16.1 Å². The van der Waals surface area contributed by atoms with Gasteiger partial charge in [-0.05, 0) is 67.8 Å². The number of carbonyl (C=O) groups is 1. The topological polar surface area (TPSA) is 51.7 Å². The Hall–Kier alpha value is -2.57. The van der Waals surface area contributed by atoms with Crippen LogP contribution in [0.2, 0.25) is 0 Å². The van der Waals surface area contributed by atoms with Crippen molar-refractivity contribution in [3.05, 3.63) is 54.1 Å². The van der Waals surface area contributed by atoms with Crippen LogP contribution < -0.4 is 4.74 Å². The van der Waals surface area contributed by atoms with Crippen LogP contribution in [0.15, 0.2) is 53.4 Å². The van der Waals surface area contributed by atoms with E-state index in [1.807, 2.05) is 23.1 Å². The second-order valence-electron chi connectivity index (χ2n) is 8.49. The number of rotatable bonds is 7. The smallest absolute Gasteiger partial charge is 0.252 e. The number of fused-ring (bicyclic) bond motifs is 1. The molecular formula is C26H28N2O3S. The molecule has 1 aromatic heterocycles. The van der Waals surface area contributed by atoms with E-state index in [9.17, 15) is 4.79 Å². The van der Waals surface area contributed by atoms with Crippen LogP contribution in [0.4, 0.5) is 0 Å². The van der Waals surface area contributed by atoms with E-state index in [0.29, 0.717) is 19.2 Å². The Balaban J connectivity index is 1.58. The van der Waals surface area contributed by atoms with Crippen molar-refractivity contribution in [2.24, 2.45) is 0 Å². The van der Waals surface area contributed by atoms with Gasteiger partial charge < -0.3 is 14.4 Å². The highest BCUT2D eigenvalue weighted by Crippen LogP contribution is 2.35. The van der Waals surface area contributed by atoms with Gasteiger partial charge in [0.1, 0.15) is 11.9 Å². The Kier molecular flexibility index (Phi) is 6.07. The quantitative estimate of drug-likeness (QED) is 0.459. The number of hydrogen-bond acceptors (Lipinski definition) is 5. The number of benzene rings is 2. The van der Waals surface area contributed by atoms with Crippen LogP contribution in [0.3, 0.4) is 0 Å². The lowest BCUT2D eigenvalue weighted by Gasteiger charge is -2.26.